The summed E-state index contributed by atoms with van der Waals surface area (Å²) >= 11 is 5.62. The number of carboxylic acid groups (broad SMARTS) is 1. The van der Waals surface area contributed by atoms with Gasteiger partial charge in [0, 0.05) is 6.26 Å². The highest BCUT2D eigenvalue weighted by Gasteiger charge is 2.23. The lowest BCUT2D eigenvalue weighted by Crippen LogP contribution is -2.42. The van der Waals surface area contributed by atoms with Crippen LogP contribution in [-0.2, 0) is 14.6 Å². The van der Waals surface area contributed by atoms with Gasteiger partial charge < -0.3 is 10.4 Å². The number of sulfone groups is 1. The van der Waals surface area contributed by atoms with Crippen LogP contribution >= 0.6 is 11.6 Å². The van der Waals surface area contributed by atoms with Crippen molar-refractivity contribution >= 4 is 33.3 Å². The third-order valence-electron chi connectivity index (χ3n) is 2.58. The lowest BCUT2D eigenvalue weighted by Gasteiger charge is -2.14. The van der Waals surface area contributed by atoms with E-state index in [-0.39, 0.29) is 12.0 Å². The zero-order chi connectivity index (χ0) is 16.2. The predicted molar refractivity (Wildman–Crippen MR) is 74.6 cm³/mol. The molecule has 0 aliphatic carbocycles. The van der Waals surface area contributed by atoms with Gasteiger partial charge in [-0.15, -0.1) is 0 Å². The first-order valence-corrected chi connectivity index (χ1v) is 8.21. The summed E-state index contributed by atoms with van der Waals surface area (Å²) in [5.74, 6) is -3.49. The van der Waals surface area contributed by atoms with Gasteiger partial charge in [-0.3, -0.25) is 4.79 Å². The van der Waals surface area contributed by atoms with Crippen LogP contribution in [0.5, 0.6) is 0 Å². The van der Waals surface area contributed by atoms with E-state index in [1.54, 1.807) is 0 Å². The number of hydrogen-bond donors (Lipinski definition) is 2. The zero-order valence-corrected chi connectivity index (χ0v) is 12.5. The molecule has 0 saturated carbocycles. The monoisotopic (exact) mass is 337 g/mol. The lowest BCUT2D eigenvalue weighted by molar-refractivity contribution is -0.139. The molecule has 9 heteroatoms. The Kier molecular flexibility index (Phi) is 5.68. The fourth-order valence-corrected chi connectivity index (χ4v) is 2.38. The van der Waals surface area contributed by atoms with Crippen molar-refractivity contribution in [3.63, 3.8) is 0 Å². The molecule has 0 aliphatic heterocycles. The molecule has 0 fully saturated rings. The van der Waals surface area contributed by atoms with Crippen molar-refractivity contribution in [3.05, 3.63) is 34.6 Å². The van der Waals surface area contributed by atoms with Crippen molar-refractivity contribution < 1.29 is 27.5 Å². The van der Waals surface area contributed by atoms with E-state index >= 15 is 0 Å². The van der Waals surface area contributed by atoms with Crippen molar-refractivity contribution in [2.75, 3.05) is 12.0 Å². The van der Waals surface area contributed by atoms with Gasteiger partial charge in [0.05, 0.1) is 16.3 Å². The number of amides is 1. The Morgan fingerprint density at radius 1 is 1.43 bits per heavy atom. The fraction of sp³-hybridized carbons (Fsp3) is 0.333. The number of hydrogen-bond acceptors (Lipinski definition) is 4. The molecule has 1 amide bonds. The van der Waals surface area contributed by atoms with Crippen LogP contribution < -0.4 is 5.32 Å². The van der Waals surface area contributed by atoms with E-state index in [4.69, 9.17) is 16.7 Å². The normalized spacial score (nSPS) is 12.7. The van der Waals surface area contributed by atoms with E-state index < -0.39 is 44.3 Å². The smallest absolute Gasteiger partial charge is 0.326 e. The molecule has 21 heavy (non-hydrogen) atoms. The minimum Gasteiger partial charge on any atom is -0.480 e. The van der Waals surface area contributed by atoms with Crippen LogP contribution in [0.15, 0.2) is 18.2 Å². The molecule has 1 atom stereocenters. The van der Waals surface area contributed by atoms with Crippen LogP contribution in [0.1, 0.15) is 16.8 Å². The van der Waals surface area contributed by atoms with Gasteiger partial charge in [0.25, 0.3) is 5.91 Å². The number of carbonyl (C=O) groups is 2. The molecule has 0 heterocycles. The standard InChI is InChI=1S/C12H13ClFNO5S/c1-21(19,20)6-5-9(12(17)18)15-11(16)7-3-2-4-8(14)10(7)13/h2-4,9H,5-6H2,1H3,(H,15,16)(H,17,18). The molecule has 0 aliphatic rings. The van der Waals surface area contributed by atoms with Crippen molar-refractivity contribution in [3.8, 4) is 0 Å². The third-order valence-corrected chi connectivity index (χ3v) is 3.94. The van der Waals surface area contributed by atoms with E-state index in [0.29, 0.717) is 0 Å². The van der Waals surface area contributed by atoms with Crippen LogP contribution in [0.3, 0.4) is 0 Å². The van der Waals surface area contributed by atoms with Crippen LogP contribution in [0.4, 0.5) is 4.39 Å². The average Bonchev–Trinajstić information content (AvgIpc) is 2.36. The lowest BCUT2D eigenvalue weighted by atomic mass is 10.1. The summed E-state index contributed by atoms with van der Waals surface area (Å²) in [6.07, 6.45) is 0.657. The first-order chi connectivity index (χ1) is 9.61. The molecule has 1 rings (SSSR count). The molecule has 0 saturated heterocycles. The zero-order valence-electron chi connectivity index (χ0n) is 11.0. The quantitative estimate of drug-likeness (QED) is 0.809. The molecular weight excluding hydrogens is 325 g/mol. The second kappa shape index (κ2) is 6.86. The second-order valence-electron chi connectivity index (χ2n) is 4.38. The molecule has 0 aromatic heterocycles. The van der Waals surface area contributed by atoms with Gasteiger partial charge in [-0.2, -0.15) is 0 Å². The molecule has 1 aromatic carbocycles. The highest BCUT2D eigenvalue weighted by Crippen LogP contribution is 2.19. The Bertz CT molecular complexity index is 662. The number of carbonyl (C=O) groups excluding carboxylic acids is 1. The summed E-state index contributed by atoms with van der Waals surface area (Å²) in [6.45, 7) is 0. The number of rotatable bonds is 6. The molecule has 0 spiro atoms. The van der Waals surface area contributed by atoms with Gasteiger partial charge >= 0.3 is 5.97 Å². The van der Waals surface area contributed by atoms with Crippen molar-refractivity contribution in [2.24, 2.45) is 0 Å². The maximum absolute atomic E-state index is 13.2. The number of nitrogens with one attached hydrogen (secondary N) is 1. The number of halogens is 2. The van der Waals surface area contributed by atoms with Gasteiger partial charge in [-0.05, 0) is 18.6 Å². The molecule has 1 unspecified atom stereocenters. The molecule has 0 bridgehead atoms. The summed E-state index contributed by atoms with van der Waals surface area (Å²) in [6, 6.07) is 2.13. The van der Waals surface area contributed by atoms with Gasteiger partial charge in [0.1, 0.15) is 21.7 Å². The van der Waals surface area contributed by atoms with E-state index in [2.05, 4.69) is 5.32 Å². The SMILES string of the molecule is CS(=O)(=O)CCC(NC(=O)c1cccc(F)c1Cl)C(=O)O. The average molecular weight is 338 g/mol. The summed E-state index contributed by atoms with van der Waals surface area (Å²) in [7, 11) is -3.37. The van der Waals surface area contributed by atoms with E-state index in [0.717, 1.165) is 12.3 Å². The Hall–Kier alpha value is -1.67. The Labute approximate surface area is 125 Å². The van der Waals surface area contributed by atoms with Gasteiger partial charge in [0.2, 0.25) is 0 Å². The van der Waals surface area contributed by atoms with Crippen LogP contribution in [-0.4, -0.2) is 43.5 Å². The van der Waals surface area contributed by atoms with Crippen LogP contribution in [0, 0.1) is 5.82 Å². The first-order valence-electron chi connectivity index (χ1n) is 5.77. The van der Waals surface area contributed by atoms with Crippen LogP contribution in [0.25, 0.3) is 0 Å². The molecular formula is C12H13ClFNO5S. The van der Waals surface area contributed by atoms with Gasteiger partial charge in [-0.25, -0.2) is 17.6 Å². The fourth-order valence-electron chi connectivity index (χ4n) is 1.50. The minimum atomic E-state index is -3.37. The summed E-state index contributed by atoms with van der Waals surface area (Å²) in [4.78, 5) is 22.9. The molecule has 116 valence electrons. The maximum atomic E-state index is 13.2. The van der Waals surface area contributed by atoms with E-state index in [1.807, 2.05) is 0 Å². The van der Waals surface area contributed by atoms with E-state index in [9.17, 15) is 22.4 Å². The number of benzene rings is 1. The largest absolute Gasteiger partial charge is 0.480 e. The third kappa shape index (κ3) is 5.31. The van der Waals surface area contributed by atoms with Gasteiger partial charge in [0.15, 0.2) is 0 Å². The van der Waals surface area contributed by atoms with Crippen LogP contribution in [0.2, 0.25) is 5.02 Å². The highest BCUT2D eigenvalue weighted by atomic mass is 35.5. The first kappa shape index (κ1) is 17.4. The van der Waals surface area contributed by atoms with E-state index in [1.165, 1.54) is 12.1 Å². The van der Waals surface area contributed by atoms with Gasteiger partial charge in [-0.1, -0.05) is 17.7 Å². The van der Waals surface area contributed by atoms with Crippen molar-refractivity contribution in [1.29, 1.82) is 0 Å². The predicted octanol–water partition coefficient (Wildman–Crippen LogP) is 1.10. The Morgan fingerprint density at radius 3 is 2.57 bits per heavy atom. The molecule has 2 N–H and O–H groups in total. The molecule has 1 aromatic rings. The number of aliphatic carboxylic acids is 1. The topological polar surface area (TPSA) is 101 Å². The highest BCUT2D eigenvalue weighted by molar-refractivity contribution is 7.90. The maximum Gasteiger partial charge on any atom is 0.326 e. The minimum absolute atomic E-state index is 0.220. The Balaban J connectivity index is 2.86. The summed E-state index contributed by atoms with van der Waals surface area (Å²) < 4.78 is 35.3. The second-order valence-corrected chi connectivity index (χ2v) is 7.02. The molecule has 6 nitrogen and oxygen atoms in total. The number of carboxylic acids is 1. The van der Waals surface area contributed by atoms with Crippen molar-refractivity contribution in [1.82, 2.24) is 5.32 Å². The van der Waals surface area contributed by atoms with Crippen molar-refractivity contribution in [2.45, 2.75) is 12.5 Å². The summed E-state index contributed by atoms with van der Waals surface area (Å²) in [5, 5.41) is 10.7. The summed E-state index contributed by atoms with van der Waals surface area (Å²) in [5.41, 5.74) is -0.220. The Morgan fingerprint density at radius 2 is 2.05 bits per heavy atom. The molecule has 0 radical (unpaired) electrons.